The second-order valence-corrected chi connectivity index (χ2v) is 6.64. The molecule has 1 aliphatic heterocycles. The van der Waals surface area contributed by atoms with Crippen LogP contribution in [0.15, 0.2) is 16.6 Å². The number of nitrogens with zero attached hydrogens (tertiary/aromatic N) is 1. The van der Waals surface area contributed by atoms with Gasteiger partial charge >= 0.3 is 0 Å². The van der Waals surface area contributed by atoms with Crippen molar-refractivity contribution >= 4 is 26.8 Å². The maximum Gasteiger partial charge on any atom is 0.0526 e. The Labute approximate surface area is 123 Å². The third-order valence-electron chi connectivity index (χ3n) is 4.29. The van der Waals surface area contributed by atoms with Crippen molar-refractivity contribution < 1.29 is 0 Å². The molecule has 0 saturated heterocycles. The van der Waals surface area contributed by atoms with E-state index in [1.54, 1.807) is 0 Å². The van der Waals surface area contributed by atoms with Gasteiger partial charge in [0.2, 0.25) is 0 Å². The number of aromatic nitrogens is 1. The number of aryl methyl sites for hydroxylation is 2. The third kappa shape index (κ3) is 2.13. The summed E-state index contributed by atoms with van der Waals surface area (Å²) in [7, 11) is 0. The highest BCUT2D eigenvalue weighted by Gasteiger charge is 2.19. The van der Waals surface area contributed by atoms with Crippen molar-refractivity contribution in [3.8, 4) is 0 Å². The quantitative estimate of drug-likeness (QED) is 0.916. The zero-order valence-electron chi connectivity index (χ0n) is 11.7. The van der Waals surface area contributed by atoms with Crippen molar-refractivity contribution in [2.24, 2.45) is 11.7 Å². The predicted octanol–water partition coefficient (Wildman–Crippen LogP) is 3.80. The molecule has 2 N–H and O–H groups in total. The fraction of sp³-hybridized carbons (Fsp3) is 0.500. The first-order valence-corrected chi connectivity index (χ1v) is 7.91. The molecular weight excluding hydrogens is 300 g/mol. The normalized spacial score (nSPS) is 16.0. The summed E-state index contributed by atoms with van der Waals surface area (Å²) in [5.41, 5.74) is 11.5. The van der Waals surface area contributed by atoms with Crippen molar-refractivity contribution in [3.63, 3.8) is 0 Å². The molecule has 19 heavy (non-hydrogen) atoms. The third-order valence-corrected chi connectivity index (χ3v) is 5.29. The molecule has 2 heterocycles. The van der Waals surface area contributed by atoms with Crippen LogP contribution in [0, 0.1) is 12.8 Å². The average molecular weight is 321 g/mol. The molecule has 3 rings (SSSR count). The van der Waals surface area contributed by atoms with Gasteiger partial charge in [-0.15, -0.1) is 0 Å². The van der Waals surface area contributed by atoms with Crippen LogP contribution in [0.2, 0.25) is 0 Å². The van der Waals surface area contributed by atoms with E-state index in [-0.39, 0.29) is 0 Å². The lowest BCUT2D eigenvalue weighted by atomic mass is 9.95. The minimum Gasteiger partial charge on any atom is -0.343 e. The molecule has 0 fully saturated rings. The number of benzene rings is 1. The van der Waals surface area contributed by atoms with E-state index in [4.69, 9.17) is 5.73 Å². The Kier molecular flexibility index (Phi) is 3.44. The lowest BCUT2D eigenvalue weighted by Crippen LogP contribution is -2.14. The molecule has 1 aromatic carbocycles. The topological polar surface area (TPSA) is 30.9 Å². The van der Waals surface area contributed by atoms with Crippen molar-refractivity contribution in [2.45, 2.75) is 39.7 Å². The highest BCUT2D eigenvalue weighted by atomic mass is 79.9. The maximum atomic E-state index is 5.76. The molecule has 0 aliphatic carbocycles. The van der Waals surface area contributed by atoms with Gasteiger partial charge in [0.1, 0.15) is 0 Å². The Bertz CT molecular complexity index is 627. The summed E-state index contributed by atoms with van der Waals surface area (Å²) < 4.78 is 3.74. The summed E-state index contributed by atoms with van der Waals surface area (Å²) in [6.45, 7) is 6.34. The molecule has 2 aromatic rings. The SMILES string of the molecule is Cc1c(Br)c2cc(CC(C)CN)cc3c2n1CCC3. The minimum atomic E-state index is 0.551. The summed E-state index contributed by atoms with van der Waals surface area (Å²) in [4.78, 5) is 0. The first-order chi connectivity index (χ1) is 9.11. The van der Waals surface area contributed by atoms with E-state index < -0.39 is 0 Å². The zero-order valence-corrected chi connectivity index (χ0v) is 13.3. The lowest BCUT2D eigenvalue weighted by molar-refractivity contribution is 0.591. The van der Waals surface area contributed by atoms with Gasteiger partial charge in [-0.2, -0.15) is 0 Å². The zero-order chi connectivity index (χ0) is 13.6. The summed E-state index contributed by atoms with van der Waals surface area (Å²) in [6.07, 6.45) is 3.54. The van der Waals surface area contributed by atoms with Gasteiger partial charge < -0.3 is 10.3 Å². The number of hydrogen-bond acceptors (Lipinski definition) is 1. The number of nitrogens with two attached hydrogens (primary N) is 1. The standard InChI is InChI=1S/C16H21BrN2/c1-10(9-18)6-12-7-13-4-3-5-19-11(2)15(17)14(8-12)16(13)19/h7-8,10H,3-6,9,18H2,1-2H3. The number of hydrogen-bond donors (Lipinski definition) is 1. The van der Waals surface area contributed by atoms with Gasteiger partial charge in [-0.05, 0) is 71.8 Å². The Hall–Kier alpha value is -0.800. The van der Waals surface area contributed by atoms with E-state index >= 15 is 0 Å². The van der Waals surface area contributed by atoms with Crippen LogP contribution in [-0.2, 0) is 19.4 Å². The Morgan fingerprint density at radius 2 is 2.21 bits per heavy atom. The fourth-order valence-electron chi connectivity index (χ4n) is 3.23. The second kappa shape index (κ2) is 4.95. The van der Waals surface area contributed by atoms with Crippen LogP contribution in [-0.4, -0.2) is 11.1 Å². The van der Waals surface area contributed by atoms with E-state index in [9.17, 15) is 0 Å². The van der Waals surface area contributed by atoms with Crippen molar-refractivity contribution in [1.29, 1.82) is 0 Å². The number of rotatable bonds is 3. The first-order valence-electron chi connectivity index (χ1n) is 7.12. The van der Waals surface area contributed by atoms with Gasteiger partial charge in [-0.3, -0.25) is 0 Å². The monoisotopic (exact) mass is 320 g/mol. The van der Waals surface area contributed by atoms with Gasteiger partial charge in [0, 0.05) is 22.1 Å². The molecule has 1 unspecified atom stereocenters. The molecule has 3 heteroatoms. The predicted molar refractivity (Wildman–Crippen MR) is 84.6 cm³/mol. The van der Waals surface area contributed by atoms with E-state index in [0.717, 1.165) is 19.5 Å². The number of halogens is 1. The van der Waals surface area contributed by atoms with Crippen molar-refractivity contribution in [1.82, 2.24) is 4.57 Å². The van der Waals surface area contributed by atoms with Crippen LogP contribution < -0.4 is 5.73 Å². The van der Waals surface area contributed by atoms with Crippen LogP contribution in [0.4, 0.5) is 0 Å². The van der Waals surface area contributed by atoms with Gasteiger partial charge in [-0.25, -0.2) is 0 Å². The molecule has 102 valence electrons. The second-order valence-electron chi connectivity index (χ2n) is 5.85. The van der Waals surface area contributed by atoms with E-state index in [1.807, 2.05) is 0 Å². The molecule has 1 aromatic heterocycles. The minimum absolute atomic E-state index is 0.551. The van der Waals surface area contributed by atoms with Crippen molar-refractivity contribution in [2.75, 3.05) is 6.54 Å². The largest absolute Gasteiger partial charge is 0.343 e. The highest BCUT2D eigenvalue weighted by Crippen LogP contribution is 2.37. The Balaban J connectivity index is 2.17. The summed E-state index contributed by atoms with van der Waals surface area (Å²) in [5, 5.41) is 1.38. The Morgan fingerprint density at radius 3 is 2.95 bits per heavy atom. The highest BCUT2D eigenvalue weighted by molar-refractivity contribution is 9.10. The smallest absolute Gasteiger partial charge is 0.0526 e. The van der Waals surface area contributed by atoms with Crippen LogP contribution in [0.3, 0.4) is 0 Å². The lowest BCUT2D eigenvalue weighted by Gasteiger charge is -2.18. The van der Waals surface area contributed by atoms with Crippen LogP contribution in [0.5, 0.6) is 0 Å². The van der Waals surface area contributed by atoms with Gasteiger partial charge in [0.15, 0.2) is 0 Å². The molecule has 0 saturated carbocycles. The molecule has 2 nitrogen and oxygen atoms in total. The molecule has 0 bridgehead atoms. The first kappa shape index (κ1) is 13.2. The van der Waals surface area contributed by atoms with Gasteiger partial charge in [0.25, 0.3) is 0 Å². The van der Waals surface area contributed by atoms with Crippen LogP contribution >= 0.6 is 15.9 Å². The molecular formula is C16H21BrN2. The Morgan fingerprint density at radius 1 is 1.42 bits per heavy atom. The maximum absolute atomic E-state index is 5.76. The molecule has 0 amide bonds. The van der Waals surface area contributed by atoms with E-state index in [0.29, 0.717) is 5.92 Å². The van der Waals surface area contributed by atoms with Gasteiger partial charge in [0.05, 0.1) is 5.52 Å². The van der Waals surface area contributed by atoms with Gasteiger partial charge in [-0.1, -0.05) is 13.0 Å². The fourth-order valence-corrected chi connectivity index (χ4v) is 3.75. The molecule has 0 spiro atoms. The van der Waals surface area contributed by atoms with Crippen LogP contribution in [0.25, 0.3) is 10.9 Å². The molecule has 1 atom stereocenters. The van der Waals surface area contributed by atoms with E-state index in [1.165, 1.54) is 45.0 Å². The summed E-state index contributed by atoms with van der Waals surface area (Å²) >= 11 is 3.78. The average Bonchev–Trinajstić information content (AvgIpc) is 2.66. The summed E-state index contributed by atoms with van der Waals surface area (Å²) in [6, 6.07) is 4.75. The van der Waals surface area contributed by atoms with E-state index in [2.05, 4.69) is 46.5 Å². The summed E-state index contributed by atoms with van der Waals surface area (Å²) in [5.74, 6) is 0.551. The molecule has 1 aliphatic rings. The van der Waals surface area contributed by atoms with Crippen molar-refractivity contribution in [3.05, 3.63) is 33.4 Å². The molecule has 0 radical (unpaired) electrons. The van der Waals surface area contributed by atoms with Crippen LogP contribution in [0.1, 0.15) is 30.2 Å².